The third-order valence-electron chi connectivity index (χ3n) is 0.920. The maximum Gasteiger partial charge on any atom is 0.142 e. The summed E-state index contributed by atoms with van der Waals surface area (Å²) in [6.07, 6.45) is 0.955. The molecule has 4 heteroatoms. The fourth-order valence-corrected chi connectivity index (χ4v) is 0.526. The smallest absolute Gasteiger partial charge is 0.142 e. The molecule has 7 heavy (non-hydrogen) atoms. The van der Waals surface area contributed by atoms with Gasteiger partial charge >= 0.3 is 0 Å². The highest BCUT2D eigenvalue weighted by molar-refractivity contribution is 4.55. The molecular weight excluding hydrogens is 94.1 g/mol. The summed E-state index contributed by atoms with van der Waals surface area (Å²) in [5, 5.41) is 0. The zero-order valence-corrected chi connectivity index (χ0v) is 3.98. The first-order valence-corrected chi connectivity index (χ1v) is 2.28. The van der Waals surface area contributed by atoms with Crippen LogP contribution in [0.15, 0.2) is 0 Å². The van der Waals surface area contributed by atoms with E-state index < -0.39 is 0 Å². The van der Waals surface area contributed by atoms with Gasteiger partial charge < -0.3 is 0 Å². The van der Waals surface area contributed by atoms with Crippen molar-refractivity contribution in [2.45, 2.75) is 12.6 Å². The van der Waals surface area contributed by atoms with Crippen molar-refractivity contribution in [3.05, 3.63) is 0 Å². The monoisotopic (exact) mass is 103 g/mol. The molecule has 1 fully saturated rings. The third-order valence-corrected chi connectivity index (χ3v) is 0.920. The molecule has 1 saturated heterocycles. The van der Waals surface area contributed by atoms with Crippen LogP contribution in [-0.4, -0.2) is 12.8 Å². The molecule has 0 bridgehead atoms. The Labute approximate surface area is 41.9 Å². The summed E-state index contributed by atoms with van der Waals surface area (Å²) in [7, 11) is 0. The van der Waals surface area contributed by atoms with Gasteiger partial charge in [-0.15, -0.1) is 0 Å². The van der Waals surface area contributed by atoms with E-state index in [4.69, 9.17) is 10.7 Å². The average Bonchev–Trinajstić information content (AvgIpc) is 2.14. The van der Waals surface area contributed by atoms with Crippen molar-refractivity contribution in [3.8, 4) is 0 Å². The zero-order valence-electron chi connectivity index (χ0n) is 3.98. The molecule has 1 atom stereocenters. The molecule has 4 nitrogen and oxygen atoms in total. The van der Waals surface area contributed by atoms with E-state index in [-0.39, 0.29) is 6.23 Å². The number of nitrogens with two attached hydrogens (primary N) is 1. The van der Waals surface area contributed by atoms with Crippen molar-refractivity contribution in [2.75, 3.05) is 6.54 Å². The summed E-state index contributed by atoms with van der Waals surface area (Å²) in [6, 6.07) is 0. The number of hydroxylamine groups is 1. The van der Waals surface area contributed by atoms with E-state index in [2.05, 4.69) is 10.9 Å². The lowest BCUT2D eigenvalue weighted by molar-refractivity contribution is 0.0150. The number of hydrogen-bond donors (Lipinski definition) is 3. The largest absolute Gasteiger partial charge is 0.282 e. The Morgan fingerprint density at radius 3 is 3.00 bits per heavy atom. The third kappa shape index (κ3) is 1.10. The predicted octanol–water partition coefficient (Wildman–Crippen LogP) is -1.30. The van der Waals surface area contributed by atoms with Gasteiger partial charge in [-0.25, -0.2) is 10.9 Å². The molecular formula is C3H9N3O. The van der Waals surface area contributed by atoms with Crippen LogP contribution in [0.2, 0.25) is 0 Å². The SMILES string of the molecule is NNC1CCNO1. The molecule has 0 aliphatic carbocycles. The van der Waals surface area contributed by atoms with Gasteiger partial charge in [-0.2, -0.15) is 0 Å². The van der Waals surface area contributed by atoms with Gasteiger partial charge in [0.15, 0.2) is 0 Å². The first-order chi connectivity index (χ1) is 3.43. The van der Waals surface area contributed by atoms with Gasteiger partial charge in [0.25, 0.3) is 0 Å². The summed E-state index contributed by atoms with van der Waals surface area (Å²) in [5.41, 5.74) is 5.16. The van der Waals surface area contributed by atoms with Crippen molar-refractivity contribution in [1.82, 2.24) is 10.9 Å². The van der Waals surface area contributed by atoms with Crippen LogP contribution < -0.4 is 16.7 Å². The molecule has 1 unspecified atom stereocenters. The topological polar surface area (TPSA) is 59.3 Å². The minimum atomic E-state index is 0.0139. The lowest BCUT2D eigenvalue weighted by atomic mass is 10.4. The van der Waals surface area contributed by atoms with Crippen LogP contribution in [0, 0.1) is 0 Å². The molecule has 0 spiro atoms. The highest BCUT2D eigenvalue weighted by Gasteiger charge is 2.11. The van der Waals surface area contributed by atoms with Gasteiger partial charge in [-0.1, -0.05) is 0 Å². The number of hydrazine groups is 1. The Morgan fingerprint density at radius 2 is 2.71 bits per heavy atom. The van der Waals surface area contributed by atoms with Crippen LogP contribution in [0.4, 0.5) is 0 Å². The van der Waals surface area contributed by atoms with E-state index in [1.54, 1.807) is 0 Å². The molecule has 0 radical (unpaired) electrons. The molecule has 0 aromatic heterocycles. The maximum atomic E-state index is 5.02. The molecule has 0 aromatic rings. The molecule has 4 N–H and O–H groups in total. The van der Waals surface area contributed by atoms with Gasteiger partial charge in [0.05, 0.1) is 0 Å². The van der Waals surface area contributed by atoms with Crippen LogP contribution in [0.1, 0.15) is 6.42 Å². The van der Waals surface area contributed by atoms with Gasteiger partial charge in [0.2, 0.25) is 0 Å². The molecule has 1 aliphatic rings. The summed E-state index contributed by atoms with van der Waals surface area (Å²) in [5.74, 6) is 5.02. The Balaban J connectivity index is 2.14. The maximum absolute atomic E-state index is 5.02. The second-order valence-corrected chi connectivity index (χ2v) is 1.46. The Morgan fingerprint density at radius 1 is 1.86 bits per heavy atom. The Bertz CT molecular complexity index is 52.1. The van der Waals surface area contributed by atoms with Crippen LogP contribution >= 0.6 is 0 Å². The lowest BCUT2D eigenvalue weighted by Crippen LogP contribution is -2.34. The van der Waals surface area contributed by atoms with Crippen molar-refractivity contribution >= 4 is 0 Å². The van der Waals surface area contributed by atoms with E-state index in [0.29, 0.717) is 0 Å². The number of hydrogen-bond acceptors (Lipinski definition) is 4. The Kier molecular flexibility index (Phi) is 1.59. The van der Waals surface area contributed by atoms with E-state index >= 15 is 0 Å². The molecule has 1 heterocycles. The van der Waals surface area contributed by atoms with E-state index in [0.717, 1.165) is 13.0 Å². The minimum absolute atomic E-state index is 0.0139. The first-order valence-electron chi connectivity index (χ1n) is 2.28. The molecule has 1 rings (SSSR count). The molecule has 42 valence electrons. The van der Waals surface area contributed by atoms with Gasteiger partial charge in [-0.05, 0) is 0 Å². The molecule has 0 amide bonds. The van der Waals surface area contributed by atoms with E-state index in [1.165, 1.54) is 0 Å². The average molecular weight is 103 g/mol. The van der Waals surface area contributed by atoms with Gasteiger partial charge in [0, 0.05) is 13.0 Å². The molecule has 1 aliphatic heterocycles. The minimum Gasteiger partial charge on any atom is -0.282 e. The van der Waals surface area contributed by atoms with Crippen molar-refractivity contribution in [3.63, 3.8) is 0 Å². The predicted molar refractivity (Wildman–Crippen MR) is 24.8 cm³/mol. The fraction of sp³-hybridized carbons (Fsp3) is 1.00. The van der Waals surface area contributed by atoms with Gasteiger partial charge in [0.1, 0.15) is 6.23 Å². The molecule has 0 aromatic carbocycles. The van der Waals surface area contributed by atoms with E-state index in [9.17, 15) is 0 Å². The zero-order chi connectivity index (χ0) is 5.11. The van der Waals surface area contributed by atoms with Crippen molar-refractivity contribution in [2.24, 2.45) is 5.84 Å². The van der Waals surface area contributed by atoms with Gasteiger partial charge in [-0.3, -0.25) is 10.7 Å². The summed E-state index contributed by atoms with van der Waals surface area (Å²) in [6.45, 7) is 0.884. The van der Waals surface area contributed by atoms with Crippen molar-refractivity contribution < 1.29 is 4.84 Å². The first kappa shape index (κ1) is 4.99. The second-order valence-electron chi connectivity index (χ2n) is 1.46. The lowest BCUT2D eigenvalue weighted by Gasteiger charge is -2.02. The quantitative estimate of drug-likeness (QED) is 0.285. The Hall–Kier alpha value is -0.160. The summed E-state index contributed by atoms with van der Waals surface area (Å²) >= 11 is 0. The normalized spacial score (nSPS) is 31.3. The second kappa shape index (κ2) is 2.23. The van der Waals surface area contributed by atoms with Crippen molar-refractivity contribution in [1.29, 1.82) is 0 Å². The number of nitrogens with one attached hydrogen (secondary N) is 2. The highest BCUT2D eigenvalue weighted by Crippen LogP contribution is 1.95. The van der Waals surface area contributed by atoms with Crippen LogP contribution in [0.25, 0.3) is 0 Å². The highest BCUT2D eigenvalue weighted by atomic mass is 16.7. The van der Waals surface area contributed by atoms with Crippen LogP contribution in [0.5, 0.6) is 0 Å². The van der Waals surface area contributed by atoms with Crippen LogP contribution in [0.3, 0.4) is 0 Å². The summed E-state index contributed by atoms with van der Waals surface area (Å²) < 4.78 is 0. The standard InChI is InChI=1S/C3H9N3O/c4-6-3-1-2-5-7-3/h3,5-6H,1-2,4H2. The van der Waals surface area contributed by atoms with Crippen LogP contribution in [-0.2, 0) is 4.84 Å². The number of rotatable bonds is 1. The summed E-state index contributed by atoms with van der Waals surface area (Å²) in [4.78, 5) is 4.82. The molecule has 0 saturated carbocycles. The van der Waals surface area contributed by atoms with E-state index in [1.807, 2.05) is 0 Å². The fourth-order valence-electron chi connectivity index (χ4n) is 0.526.